The van der Waals surface area contributed by atoms with Crippen LogP contribution in [0.1, 0.15) is 52.4 Å². The molecule has 5 nitrogen and oxygen atoms in total. The van der Waals surface area contributed by atoms with Gasteiger partial charge in [0.15, 0.2) is 0 Å². The summed E-state index contributed by atoms with van der Waals surface area (Å²) in [7, 11) is 1.87. The number of likely N-dealkylation sites (N-methyl/N-ethyl adjacent to an activating group) is 1. The van der Waals surface area contributed by atoms with Gasteiger partial charge in [0, 0.05) is 19.5 Å². The van der Waals surface area contributed by atoms with Gasteiger partial charge in [-0.25, -0.2) is 0 Å². The number of unbranched alkanes of at least 4 members (excludes halogenated alkanes) is 2. The summed E-state index contributed by atoms with van der Waals surface area (Å²) in [6.45, 7) is 6.94. The number of hydrogen-bond donors (Lipinski definition) is 1. The van der Waals surface area contributed by atoms with Crippen LogP contribution in [0.25, 0.3) is 0 Å². The molecule has 1 amide bonds. The Morgan fingerprint density at radius 2 is 1.50 bits per heavy atom. The highest BCUT2D eigenvalue weighted by molar-refractivity contribution is 5.78. The van der Waals surface area contributed by atoms with Crippen LogP contribution in [-0.2, 0) is 9.59 Å². The average molecular weight is 286 g/mol. The van der Waals surface area contributed by atoms with Crippen LogP contribution in [0.15, 0.2) is 0 Å². The van der Waals surface area contributed by atoms with Gasteiger partial charge in [0.05, 0.1) is 6.54 Å². The highest BCUT2D eigenvalue weighted by atomic mass is 16.4. The number of carbonyl (C=O) groups excluding carboxylic acids is 1. The standard InChI is InChI=1S/C15H30N2O3/c1-4-6-11-17(12-7-5-2)14(18)13-16(3)10-8-9-15(19)20/h4-13H2,1-3H3,(H,19,20). The number of aliphatic carboxylic acids is 1. The Morgan fingerprint density at radius 1 is 0.950 bits per heavy atom. The van der Waals surface area contributed by atoms with Gasteiger partial charge in [0.25, 0.3) is 0 Å². The molecule has 0 heterocycles. The normalized spacial score (nSPS) is 10.8. The van der Waals surface area contributed by atoms with Gasteiger partial charge in [-0.05, 0) is 32.9 Å². The lowest BCUT2D eigenvalue weighted by Gasteiger charge is -2.25. The summed E-state index contributed by atoms with van der Waals surface area (Å²) >= 11 is 0. The average Bonchev–Trinajstić information content (AvgIpc) is 2.38. The molecule has 0 saturated carbocycles. The van der Waals surface area contributed by atoms with Crippen molar-refractivity contribution in [3.63, 3.8) is 0 Å². The lowest BCUT2D eigenvalue weighted by atomic mass is 10.2. The van der Waals surface area contributed by atoms with Gasteiger partial charge in [-0.3, -0.25) is 14.5 Å². The van der Waals surface area contributed by atoms with E-state index in [-0.39, 0.29) is 12.3 Å². The monoisotopic (exact) mass is 286 g/mol. The van der Waals surface area contributed by atoms with Crippen molar-refractivity contribution in [2.75, 3.05) is 33.2 Å². The van der Waals surface area contributed by atoms with E-state index in [0.29, 0.717) is 19.5 Å². The number of nitrogens with zero attached hydrogens (tertiary/aromatic N) is 2. The van der Waals surface area contributed by atoms with Gasteiger partial charge < -0.3 is 10.0 Å². The zero-order valence-electron chi connectivity index (χ0n) is 13.2. The summed E-state index contributed by atoms with van der Waals surface area (Å²) in [6.07, 6.45) is 5.00. The van der Waals surface area contributed by atoms with Gasteiger partial charge in [-0.1, -0.05) is 26.7 Å². The Balaban J connectivity index is 4.10. The third-order valence-electron chi connectivity index (χ3n) is 3.25. The first-order chi connectivity index (χ1) is 9.51. The number of rotatable bonds is 12. The molecule has 0 aromatic heterocycles. The fourth-order valence-corrected chi connectivity index (χ4v) is 1.97. The molecule has 0 aromatic rings. The van der Waals surface area contributed by atoms with Crippen LogP contribution in [0.2, 0.25) is 0 Å². The highest BCUT2D eigenvalue weighted by Gasteiger charge is 2.14. The number of amides is 1. The van der Waals surface area contributed by atoms with Crippen LogP contribution in [-0.4, -0.2) is 60.0 Å². The van der Waals surface area contributed by atoms with Crippen LogP contribution in [0.3, 0.4) is 0 Å². The minimum atomic E-state index is -0.780. The zero-order valence-corrected chi connectivity index (χ0v) is 13.2. The highest BCUT2D eigenvalue weighted by Crippen LogP contribution is 2.02. The first-order valence-corrected chi connectivity index (χ1v) is 7.69. The van der Waals surface area contributed by atoms with E-state index >= 15 is 0 Å². The lowest BCUT2D eigenvalue weighted by molar-refractivity contribution is -0.137. The third-order valence-corrected chi connectivity index (χ3v) is 3.25. The predicted molar refractivity (Wildman–Crippen MR) is 80.8 cm³/mol. The summed E-state index contributed by atoms with van der Waals surface area (Å²) in [4.78, 5) is 26.5. The zero-order chi connectivity index (χ0) is 15.4. The van der Waals surface area contributed by atoms with Crippen LogP contribution in [0.5, 0.6) is 0 Å². The van der Waals surface area contributed by atoms with E-state index < -0.39 is 5.97 Å². The van der Waals surface area contributed by atoms with E-state index in [1.54, 1.807) is 0 Å². The molecule has 5 heteroatoms. The van der Waals surface area contributed by atoms with Gasteiger partial charge in [-0.15, -0.1) is 0 Å². The molecule has 0 bridgehead atoms. The van der Waals surface area contributed by atoms with E-state index in [4.69, 9.17) is 5.11 Å². The maximum Gasteiger partial charge on any atom is 0.303 e. The Morgan fingerprint density at radius 3 is 1.95 bits per heavy atom. The molecule has 0 atom stereocenters. The second-order valence-electron chi connectivity index (χ2n) is 5.32. The van der Waals surface area contributed by atoms with Gasteiger partial charge in [0.2, 0.25) is 5.91 Å². The smallest absolute Gasteiger partial charge is 0.303 e. The molecular formula is C15H30N2O3. The summed E-state index contributed by atoms with van der Waals surface area (Å²) in [5, 5.41) is 8.60. The summed E-state index contributed by atoms with van der Waals surface area (Å²) in [5.74, 6) is -0.623. The Hall–Kier alpha value is -1.10. The predicted octanol–water partition coefficient (Wildman–Crippen LogP) is 2.21. The van der Waals surface area contributed by atoms with Gasteiger partial charge >= 0.3 is 5.97 Å². The van der Waals surface area contributed by atoms with E-state index in [9.17, 15) is 9.59 Å². The molecule has 0 unspecified atom stereocenters. The molecule has 0 spiro atoms. The van der Waals surface area contributed by atoms with Crippen LogP contribution in [0.4, 0.5) is 0 Å². The number of carboxylic acid groups (broad SMARTS) is 1. The maximum atomic E-state index is 12.2. The molecule has 0 aliphatic carbocycles. The Bertz CT molecular complexity index is 274. The number of hydrogen-bond acceptors (Lipinski definition) is 3. The van der Waals surface area contributed by atoms with Crippen molar-refractivity contribution in [1.29, 1.82) is 0 Å². The third kappa shape index (κ3) is 9.78. The minimum Gasteiger partial charge on any atom is -0.481 e. The first-order valence-electron chi connectivity index (χ1n) is 7.69. The van der Waals surface area contributed by atoms with E-state index in [1.807, 2.05) is 16.8 Å². The van der Waals surface area contributed by atoms with Gasteiger partial charge in [-0.2, -0.15) is 0 Å². The number of carbonyl (C=O) groups is 2. The molecular weight excluding hydrogens is 256 g/mol. The molecule has 0 rings (SSSR count). The van der Waals surface area contributed by atoms with Crippen LogP contribution < -0.4 is 0 Å². The Labute approximate surface area is 122 Å². The molecule has 1 N–H and O–H groups in total. The van der Waals surface area contributed by atoms with E-state index in [0.717, 1.165) is 38.8 Å². The number of carboxylic acids is 1. The van der Waals surface area contributed by atoms with Crippen molar-refractivity contribution in [3.05, 3.63) is 0 Å². The minimum absolute atomic E-state index is 0.157. The molecule has 0 fully saturated rings. The van der Waals surface area contributed by atoms with Gasteiger partial charge in [0.1, 0.15) is 0 Å². The van der Waals surface area contributed by atoms with E-state index in [2.05, 4.69) is 13.8 Å². The molecule has 0 aromatic carbocycles. The largest absolute Gasteiger partial charge is 0.481 e. The molecule has 0 saturated heterocycles. The van der Waals surface area contributed by atoms with Crippen molar-refractivity contribution in [1.82, 2.24) is 9.80 Å². The fourth-order valence-electron chi connectivity index (χ4n) is 1.97. The Kier molecular flexibility index (Phi) is 11.1. The van der Waals surface area contributed by atoms with E-state index in [1.165, 1.54) is 0 Å². The van der Waals surface area contributed by atoms with Crippen LogP contribution >= 0.6 is 0 Å². The van der Waals surface area contributed by atoms with Crippen molar-refractivity contribution < 1.29 is 14.7 Å². The maximum absolute atomic E-state index is 12.2. The van der Waals surface area contributed by atoms with Crippen molar-refractivity contribution in [2.45, 2.75) is 52.4 Å². The lowest BCUT2D eigenvalue weighted by Crippen LogP contribution is -2.40. The van der Waals surface area contributed by atoms with Crippen molar-refractivity contribution in [2.24, 2.45) is 0 Å². The quantitative estimate of drug-likeness (QED) is 0.597. The van der Waals surface area contributed by atoms with Crippen LogP contribution in [0, 0.1) is 0 Å². The molecule has 118 valence electrons. The van der Waals surface area contributed by atoms with Crippen molar-refractivity contribution >= 4 is 11.9 Å². The second kappa shape index (κ2) is 11.7. The molecule has 0 aliphatic heterocycles. The first kappa shape index (κ1) is 18.9. The fraction of sp³-hybridized carbons (Fsp3) is 0.867. The molecule has 20 heavy (non-hydrogen) atoms. The summed E-state index contributed by atoms with van der Waals surface area (Å²) in [5.41, 5.74) is 0. The molecule has 0 aliphatic rings. The second-order valence-corrected chi connectivity index (χ2v) is 5.32. The topological polar surface area (TPSA) is 60.9 Å². The summed E-state index contributed by atoms with van der Waals surface area (Å²) < 4.78 is 0. The molecule has 0 radical (unpaired) electrons. The summed E-state index contributed by atoms with van der Waals surface area (Å²) in [6, 6.07) is 0. The van der Waals surface area contributed by atoms with Crippen molar-refractivity contribution in [3.8, 4) is 0 Å². The SMILES string of the molecule is CCCCN(CCCC)C(=O)CN(C)CCCC(=O)O.